The summed E-state index contributed by atoms with van der Waals surface area (Å²) < 4.78 is 46.8. The highest BCUT2D eigenvalue weighted by Crippen LogP contribution is 2.36. The molecule has 0 aliphatic heterocycles. The second kappa shape index (κ2) is 9.59. The number of ether oxygens (including phenoxy) is 1. The quantitative estimate of drug-likeness (QED) is 0.282. The molecule has 1 unspecified atom stereocenters. The van der Waals surface area contributed by atoms with Gasteiger partial charge in [-0.25, -0.2) is 9.97 Å². The van der Waals surface area contributed by atoms with E-state index in [2.05, 4.69) is 25.4 Å². The van der Waals surface area contributed by atoms with Gasteiger partial charge in [-0.15, -0.1) is 0 Å². The zero-order valence-corrected chi connectivity index (χ0v) is 17.4. The van der Waals surface area contributed by atoms with Gasteiger partial charge in [-0.2, -0.15) is 22.8 Å². The van der Waals surface area contributed by atoms with Crippen LogP contribution < -0.4 is 10.1 Å². The number of anilines is 1. The molecule has 0 fully saturated rings. The van der Waals surface area contributed by atoms with Gasteiger partial charge in [-0.3, -0.25) is 4.98 Å². The number of halogens is 3. The van der Waals surface area contributed by atoms with Crippen LogP contribution in [0.15, 0.2) is 55.0 Å². The average Bonchev–Trinajstić information content (AvgIpc) is 3.24. The predicted molar refractivity (Wildman–Crippen MR) is 113 cm³/mol. The lowest BCUT2D eigenvalue weighted by Gasteiger charge is -2.15. The Hall–Kier alpha value is -3.81. The molecule has 10 nitrogen and oxygen atoms in total. The van der Waals surface area contributed by atoms with E-state index in [9.17, 15) is 23.4 Å². The first-order valence-electron chi connectivity index (χ1n) is 9.96. The van der Waals surface area contributed by atoms with Crippen molar-refractivity contribution in [1.29, 1.82) is 0 Å². The molecule has 4 aromatic rings. The molecule has 3 aromatic heterocycles. The molecule has 2 atom stereocenters. The predicted octanol–water partition coefficient (Wildman–Crippen LogP) is 2.04. The van der Waals surface area contributed by atoms with Crippen molar-refractivity contribution in [3.05, 3.63) is 66.2 Å². The van der Waals surface area contributed by atoms with Gasteiger partial charge < -0.3 is 25.4 Å². The van der Waals surface area contributed by atoms with E-state index in [0.717, 1.165) is 6.07 Å². The second-order valence-corrected chi connectivity index (χ2v) is 7.15. The van der Waals surface area contributed by atoms with Crippen LogP contribution in [0.3, 0.4) is 0 Å². The van der Waals surface area contributed by atoms with Crippen LogP contribution in [0.25, 0.3) is 16.9 Å². The molecule has 4 rings (SSSR count). The first kappa shape index (κ1) is 23.4. The summed E-state index contributed by atoms with van der Waals surface area (Å²) in [6.07, 6.45) is -3.16. The van der Waals surface area contributed by atoms with Crippen molar-refractivity contribution in [2.24, 2.45) is 0 Å². The third kappa shape index (κ3) is 5.06. The first-order valence-corrected chi connectivity index (χ1v) is 9.96. The Bertz CT molecular complexity index is 1280. The van der Waals surface area contributed by atoms with E-state index in [1.165, 1.54) is 53.4 Å². The zero-order chi connectivity index (χ0) is 24.3. The molecule has 4 N–H and O–H groups in total. The fourth-order valence-electron chi connectivity index (χ4n) is 3.08. The minimum Gasteiger partial charge on any atom is -0.474 e. The highest BCUT2D eigenvalue weighted by molar-refractivity contribution is 5.66. The Kier molecular flexibility index (Phi) is 6.58. The van der Waals surface area contributed by atoms with Crippen LogP contribution in [0.1, 0.15) is 17.5 Å². The average molecular weight is 476 g/mol. The monoisotopic (exact) mass is 476 g/mol. The fourth-order valence-corrected chi connectivity index (χ4v) is 3.08. The number of alkyl halides is 3. The molecule has 3 heterocycles. The Morgan fingerprint density at radius 2 is 1.85 bits per heavy atom. The lowest BCUT2D eigenvalue weighted by molar-refractivity contribution is -0.137. The summed E-state index contributed by atoms with van der Waals surface area (Å²) >= 11 is 0. The molecular formula is C21H19F3N6O4. The number of nitrogens with one attached hydrogen (secondary N) is 1. The van der Waals surface area contributed by atoms with Crippen molar-refractivity contribution in [2.75, 3.05) is 18.5 Å². The standard InChI is InChI=1S/C21H19F3N6O4/c22-21(23,24)14-4-2-1-3-13(14)15-5-6-17-26-8-18(30(17)29-15)28-20(33)16-7-25-9-19(27-16)34-11-12(32)10-31/h1-9,12,20,28,31-33H,10-11H2/t12-,20?/m0/s1. The third-order valence-corrected chi connectivity index (χ3v) is 4.70. The molecule has 0 radical (unpaired) electrons. The van der Waals surface area contributed by atoms with E-state index in [1.807, 2.05) is 0 Å². The molecule has 0 amide bonds. The molecule has 13 heteroatoms. The summed E-state index contributed by atoms with van der Waals surface area (Å²) in [5, 5.41) is 35.8. The number of aliphatic hydroxyl groups is 3. The number of aliphatic hydroxyl groups excluding tert-OH is 3. The van der Waals surface area contributed by atoms with E-state index < -0.39 is 30.7 Å². The Labute approximate surface area is 190 Å². The largest absolute Gasteiger partial charge is 0.474 e. The molecule has 0 aliphatic rings. The van der Waals surface area contributed by atoms with Gasteiger partial charge in [0.15, 0.2) is 17.7 Å². The summed E-state index contributed by atoms with van der Waals surface area (Å²) in [5.41, 5.74) is -0.463. The van der Waals surface area contributed by atoms with E-state index in [0.29, 0.717) is 5.65 Å². The number of nitrogens with zero attached hydrogens (tertiary/aromatic N) is 5. The molecule has 34 heavy (non-hydrogen) atoms. The van der Waals surface area contributed by atoms with Gasteiger partial charge in [-0.1, -0.05) is 18.2 Å². The van der Waals surface area contributed by atoms with E-state index >= 15 is 0 Å². The Morgan fingerprint density at radius 1 is 1.06 bits per heavy atom. The van der Waals surface area contributed by atoms with E-state index in [-0.39, 0.29) is 35.3 Å². The maximum Gasteiger partial charge on any atom is 0.417 e. The number of hydrogen-bond donors (Lipinski definition) is 4. The maximum atomic E-state index is 13.4. The minimum absolute atomic E-state index is 0.00756. The second-order valence-electron chi connectivity index (χ2n) is 7.15. The number of fused-ring (bicyclic) bond motifs is 1. The Balaban J connectivity index is 1.60. The summed E-state index contributed by atoms with van der Waals surface area (Å²) in [6, 6.07) is 8.03. The van der Waals surface area contributed by atoms with Gasteiger partial charge in [0.2, 0.25) is 5.88 Å². The van der Waals surface area contributed by atoms with Gasteiger partial charge in [0.1, 0.15) is 18.4 Å². The molecular weight excluding hydrogens is 457 g/mol. The van der Waals surface area contributed by atoms with Gasteiger partial charge in [0.25, 0.3) is 0 Å². The number of aromatic nitrogens is 5. The molecule has 1 aromatic carbocycles. The highest BCUT2D eigenvalue weighted by Gasteiger charge is 2.33. The van der Waals surface area contributed by atoms with E-state index in [4.69, 9.17) is 9.84 Å². The summed E-state index contributed by atoms with van der Waals surface area (Å²) in [6.45, 7) is -0.717. The van der Waals surface area contributed by atoms with E-state index in [1.54, 1.807) is 0 Å². The first-order chi connectivity index (χ1) is 16.3. The minimum atomic E-state index is -4.56. The topological polar surface area (TPSA) is 138 Å². The summed E-state index contributed by atoms with van der Waals surface area (Å²) in [5.74, 6) is 0.200. The van der Waals surface area contributed by atoms with Crippen LogP contribution >= 0.6 is 0 Å². The SMILES string of the molecule is OC[C@H](O)COc1cncc(C(O)Nc2cnc3ccc(-c4ccccc4C(F)(F)F)nn23)n1. The van der Waals surface area contributed by atoms with Crippen LogP contribution in [-0.4, -0.2) is 59.2 Å². The molecule has 178 valence electrons. The fraction of sp³-hybridized carbons (Fsp3) is 0.238. The lowest BCUT2D eigenvalue weighted by atomic mass is 10.0. The van der Waals surface area contributed by atoms with Crippen molar-refractivity contribution in [3.8, 4) is 17.1 Å². The van der Waals surface area contributed by atoms with Crippen LogP contribution in [0.4, 0.5) is 19.0 Å². The van der Waals surface area contributed by atoms with Crippen molar-refractivity contribution in [2.45, 2.75) is 18.5 Å². The molecule has 0 saturated carbocycles. The molecule has 0 spiro atoms. The molecule has 0 bridgehead atoms. The molecule has 0 aliphatic carbocycles. The summed E-state index contributed by atoms with van der Waals surface area (Å²) in [7, 11) is 0. The Morgan fingerprint density at radius 3 is 2.62 bits per heavy atom. The number of hydrogen-bond acceptors (Lipinski definition) is 9. The van der Waals surface area contributed by atoms with Crippen molar-refractivity contribution in [3.63, 3.8) is 0 Å². The molecule has 0 saturated heterocycles. The number of rotatable bonds is 8. The van der Waals surface area contributed by atoms with Crippen LogP contribution in [-0.2, 0) is 6.18 Å². The van der Waals surface area contributed by atoms with Crippen LogP contribution in [0, 0.1) is 0 Å². The number of imidazole rings is 1. The normalized spacial score (nSPS) is 13.6. The van der Waals surface area contributed by atoms with Gasteiger partial charge in [0.05, 0.1) is 36.5 Å². The summed E-state index contributed by atoms with van der Waals surface area (Å²) in [4.78, 5) is 12.1. The number of benzene rings is 1. The van der Waals surface area contributed by atoms with Gasteiger partial charge in [0, 0.05) is 5.56 Å². The zero-order valence-electron chi connectivity index (χ0n) is 17.4. The maximum absolute atomic E-state index is 13.4. The smallest absolute Gasteiger partial charge is 0.417 e. The van der Waals surface area contributed by atoms with Crippen molar-refractivity contribution in [1.82, 2.24) is 24.6 Å². The van der Waals surface area contributed by atoms with Gasteiger partial charge in [-0.05, 0) is 18.2 Å². The third-order valence-electron chi connectivity index (χ3n) is 4.70. The van der Waals surface area contributed by atoms with Crippen molar-refractivity contribution < 1.29 is 33.2 Å². The lowest BCUT2D eigenvalue weighted by Crippen LogP contribution is -2.22. The van der Waals surface area contributed by atoms with Crippen LogP contribution in [0.2, 0.25) is 0 Å². The van der Waals surface area contributed by atoms with Gasteiger partial charge >= 0.3 is 6.18 Å². The van der Waals surface area contributed by atoms with Crippen LogP contribution in [0.5, 0.6) is 5.88 Å². The highest BCUT2D eigenvalue weighted by atomic mass is 19.4. The van der Waals surface area contributed by atoms with Crippen molar-refractivity contribution >= 4 is 11.5 Å².